The van der Waals surface area contributed by atoms with Gasteiger partial charge in [-0.15, -0.1) is 0 Å². The van der Waals surface area contributed by atoms with Crippen molar-refractivity contribution >= 4 is 17.4 Å². The van der Waals surface area contributed by atoms with E-state index in [4.69, 9.17) is 5.11 Å². The van der Waals surface area contributed by atoms with Crippen LogP contribution in [0.1, 0.15) is 44.7 Å². The highest BCUT2D eigenvalue weighted by molar-refractivity contribution is 6.05. The van der Waals surface area contributed by atoms with E-state index in [0.29, 0.717) is 16.8 Å². The summed E-state index contributed by atoms with van der Waals surface area (Å²) >= 11 is 0. The van der Waals surface area contributed by atoms with Crippen LogP contribution in [0.15, 0.2) is 78.9 Å². The van der Waals surface area contributed by atoms with Crippen LogP contribution in [0.2, 0.25) is 0 Å². The van der Waals surface area contributed by atoms with Crippen LogP contribution in [0.25, 0.3) is 0 Å². The number of rotatable bonds is 9. The third kappa shape index (κ3) is 6.13. The lowest BCUT2D eigenvalue weighted by Gasteiger charge is -2.08. The highest BCUT2D eigenvalue weighted by Crippen LogP contribution is 2.15. The molecule has 29 heavy (non-hydrogen) atoms. The molecule has 0 saturated heterocycles. The third-order valence-corrected chi connectivity index (χ3v) is 4.83. The number of carbonyl (C=O) groups excluding carboxylic acids is 2. The van der Waals surface area contributed by atoms with Gasteiger partial charge in [-0.1, -0.05) is 54.6 Å². The second-order valence-electron chi connectivity index (χ2n) is 7.01. The molecule has 0 spiro atoms. The number of aliphatic hydroxyl groups excluding tert-OH is 1. The molecular formula is C25H25NO3. The molecule has 0 unspecified atom stereocenters. The Bertz CT molecular complexity index is 949. The van der Waals surface area contributed by atoms with Gasteiger partial charge in [0, 0.05) is 16.8 Å². The molecule has 4 heteroatoms. The largest absolute Gasteiger partial charge is 0.388 e. The smallest absolute Gasteiger partial charge is 0.255 e. The molecule has 3 aromatic rings. The zero-order chi connectivity index (χ0) is 20.5. The van der Waals surface area contributed by atoms with E-state index in [1.165, 1.54) is 11.1 Å². The molecule has 148 valence electrons. The fraction of sp³-hybridized carbons (Fsp3) is 0.200. The lowest BCUT2D eigenvalue weighted by atomic mass is 10.0. The molecule has 0 radical (unpaired) electrons. The summed E-state index contributed by atoms with van der Waals surface area (Å²) in [6, 6.07) is 24.7. The van der Waals surface area contributed by atoms with Gasteiger partial charge in [0.05, 0.1) is 0 Å². The van der Waals surface area contributed by atoms with Crippen molar-refractivity contribution in [1.29, 1.82) is 0 Å². The molecule has 0 saturated carbocycles. The Labute approximate surface area is 171 Å². The van der Waals surface area contributed by atoms with Gasteiger partial charge in [0.1, 0.15) is 6.61 Å². The number of benzene rings is 3. The molecule has 0 heterocycles. The van der Waals surface area contributed by atoms with Crippen LogP contribution in [0.3, 0.4) is 0 Å². The van der Waals surface area contributed by atoms with E-state index in [0.717, 1.165) is 25.7 Å². The summed E-state index contributed by atoms with van der Waals surface area (Å²) in [5.41, 5.74) is 4.04. The Hall–Kier alpha value is -3.24. The molecule has 3 rings (SSSR count). The van der Waals surface area contributed by atoms with Crippen molar-refractivity contribution in [3.63, 3.8) is 0 Å². The maximum Gasteiger partial charge on any atom is 0.255 e. The summed E-state index contributed by atoms with van der Waals surface area (Å²) < 4.78 is 0. The maximum atomic E-state index is 12.4. The van der Waals surface area contributed by atoms with E-state index in [2.05, 4.69) is 29.6 Å². The molecule has 0 aliphatic carbocycles. The summed E-state index contributed by atoms with van der Waals surface area (Å²) in [6.45, 7) is -0.551. The van der Waals surface area contributed by atoms with E-state index in [9.17, 15) is 9.59 Å². The molecule has 0 bridgehead atoms. The minimum absolute atomic E-state index is 0.228. The molecule has 4 nitrogen and oxygen atoms in total. The number of Topliss-reactive ketones (excluding diaryl/α,β-unsaturated/α-hetero) is 1. The topological polar surface area (TPSA) is 66.4 Å². The summed E-state index contributed by atoms with van der Waals surface area (Å²) in [5, 5.41) is 11.8. The molecule has 0 atom stereocenters. The molecule has 0 aliphatic rings. The van der Waals surface area contributed by atoms with Crippen LogP contribution < -0.4 is 5.32 Å². The summed E-state index contributed by atoms with van der Waals surface area (Å²) in [4.78, 5) is 24.0. The molecular weight excluding hydrogens is 362 g/mol. The first kappa shape index (κ1) is 20.5. The van der Waals surface area contributed by atoms with E-state index in [1.54, 1.807) is 24.3 Å². The molecule has 0 fully saturated rings. The Kier molecular flexibility index (Phi) is 7.31. The molecule has 2 N–H and O–H groups in total. The number of nitrogens with one attached hydrogen (secondary N) is 1. The second-order valence-corrected chi connectivity index (χ2v) is 7.01. The monoisotopic (exact) mass is 387 g/mol. The second kappa shape index (κ2) is 10.3. The average Bonchev–Trinajstić information content (AvgIpc) is 2.77. The fourth-order valence-corrected chi connectivity index (χ4v) is 3.19. The number of aryl methyl sites for hydroxylation is 2. The van der Waals surface area contributed by atoms with Crippen LogP contribution in [0.4, 0.5) is 5.69 Å². The van der Waals surface area contributed by atoms with Gasteiger partial charge in [0.2, 0.25) is 0 Å². The van der Waals surface area contributed by atoms with Crippen molar-refractivity contribution in [2.75, 3.05) is 11.9 Å². The standard InChI is InChI=1S/C25H25NO3/c27-18-24(28)22-11-6-12-23(17-22)26-25(29)21-15-13-20(14-16-21)10-5-4-9-19-7-2-1-3-8-19/h1-3,6-8,11-17,27H,4-5,9-10,18H2,(H,26,29). The van der Waals surface area contributed by atoms with Gasteiger partial charge in [0.15, 0.2) is 5.78 Å². The van der Waals surface area contributed by atoms with E-state index in [1.807, 2.05) is 30.3 Å². The highest BCUT2D eigenvalue weighted by Gasteiger charge is 2.09. The normalized spacial score (nSPS) is 10.5. The van der Waals surface area contributed by atoms with Gasteiger partial charge in [-0.05, 0) is 61.1 Å². The summed E-state index contributed by atoms with van der Waals surface area (Å²) in [6.07, 6.45) is 4.31. The number of hydrogen-bond donors (Lipinski definition) is 2. The van der Waals surface area contributed by atoms with Crippen molar-refractivity contribution in [2.45, 2.75) is 25.7 Å². The minimum atomic E-state index is -0.551. The Morgan fingerprint density at radius 2 is 1.38 bits per heavy atom. The van der Waals surface area contributed by atoms with Crippen molar-refractivity contribution in [2.24, 2.45) is 0 Å². The quantitative estimate of drug-likeness (QED) is 0.414. The van der Waals surface area contributed by atoms with E-state index < -0.39 is 6.61 Å². The van der Waals surface area contributed by atoms with Gasteiger partial charge >= 0.3 is 0 Å². The lowest BCUT2D eigenvalue weighted by molar-refractivity contribution is 0.0903. The Morgan fingerprint density at radius 1 is 0.724 bits per heavy atom. The predicted molar refractivity (Wildman–Crippen MR) is 115 cm³/mol. The zero-order valence-corrected chi connectivity index (χ0v) is 16.3. The van der Waals surface area contributed by atoms with E-state index in [-0.39, 0.29) is 11.7 Å². The van der Waals surface area contributed by atoms with Crippen molar-refractivity contribution in [1.82, 2.24) is 0 Å². The zero-order valence-electron chi connectivity index (χ0n) is 16.3. The lowest BCUT2D eigenvalue weighted by Crippen LogP contribution is -2.13. The van der Waals surface area contributed by atoms with Crippen molar-refractivity contribution in [3.05, 3.63) is 101 Å². The number of carbonyl (C=O) groups is 2. The van der Waals surface area contributed by atoms with Crippen LogP contribution >= 0.6 is 0 Å². The predicted octanol–water partition coefficient (Wildman–Crippen LogP) is 4.68. The van der Waals surface area contributed by atoms with Crippen LogP contribution in [0, 0.1) is 0 Å². The number of unbranched alkanes of at least 4 members (excludes halogenated alkanes) is 1. The SMILES string of the molecule is O=C(CO)c1cccc(NC(=O)c2ccc(CCCCc3ccccc3)cc2)c1. The van der Waals surface area contributed by atoms with Gasteiger partial charge < -0.3 is 10.4 Å². The first-order valence-corrected chi connectivity index (χ1v) is 9.84. The van der Waals surface area contributed by atoms with Crippen LogP contribution in [-0.4, -0.2) is 23.4 Å². The fourth-order valence-electron chi connectivity index (χ4n) is 3.19. The summed E-state index contributed by atoms with van der Waals surface area (Å²) in [7, 11) is 0. The van der Waals surface area contributed by atoms with E-state index >= 15 is 0 Å². The maximum absolute atomic E-state index is 12.4. The number of anilines is 1. The first-order chi connectivity index (χ1) is 14.2. The minimum Gasteiger partial charge on any atom is -0.388 e. The summed E-state index contributed by atoms with van der Waals surface area (Å²) in [5.74, 6) is -0.605. The Morgan fingerprint density at radius 3 is 2.03 bits per heavy atom. The van der Waals surface area contributed by atoms with Gasteiger partial charge in [-0.25, -0.2) is 0 Å². The first-order valence-electron chi connectivity index (χ1n) is 9.84. The van der Waals surface area contributed by atoms with Crippen molar-refractivity contribution < 1.29 is 14.7 Å². The molecule has 3 aromatic carbocycles. The van der Waals surface area contributed by atoms with Crippen LogP contribution in [0.5, 0.6) is 0 Å². The number of hydrogen-bond acceptors (Lipinski definition) is 3. The van der Waals surface area contributed by atoms with Gasteiger partial charge in [0.25, 0.3) is 5.91 Å². The molecule has 0 aliphatic heterocycles. The number of amides is 1. The third-order valence-electron chi connectivity index (χ3n) is 4.83. The number of ketones is 1. The van der Waals surface area contributed by atoms with Crippen LogP contribution in [-0.2, 0) is 12.8 Å². The van der Waals surface area contributed by atoms with Gasteiger partial charge in [-0.3, -0.25) is 9.59 Å². The van der Waals surface area contributed by atoms with Gasteiger partial charge in [-0.2, -0.15) is 0 Å². The molecule has 0 aromatic heterocycles. The van der Waals surface area contributed by atoms with Crippen molar-refractivity contribution in [3.8, 4) is 0 Å². The molecule has 1 amide bonds. The Balaban J connectivity index is 1.50. The average molecular weight is 387 g/mol. The highest BCUT2D eigenvalue weighted by atomic mass is 16.3. The number of aliphatic hydroxyl groups is 1.